The maximum absolute atomic E-state index is 13.4. The van der Waals surface area contributed by atoms with Gasteiger partial charge in [0, 0.05) is 26.2 Å². The van der Waals surface area contributed by atoms with Crippen molar-refractivity contribution >= 4 is 21.7 Å². The fraction of sp³-hybridized carbons (Fsp3) is 0.565. The van der Waals surface area contributed by atoms with E-state index in [1.54, 1.807) is 29.4 Å². The number of hydrogen-bond donors (Lipinski definition) is 2. The van der Waals surface area contributed by atoms with Crippen LogP contribution in [0.15, 0.2) is 29.2 Å². The van der Waals surface area contributed by atoms with E-state index in [2.05, 4.69) is 11.8 Å². The number of hydrogen-bond acceptors (Lipinski definition) is 8. The van der Waals surface area contributed by atoms with Gasteiger partial charge in [-0.25, -0.2) is 13.9 Å². The molecule has 2 aliphatic heterocycles. The maximum atomic E-state index is 13.4. The monoisotopic (exact) mass is 493 g/mol. The average Bonchev–Trinajstić information content (AvgIpc) is 2.84. The molecule has 0 unspecified atom stereocenters. The Kier molecular flexibility index (Phi) is 8.90. The van der Waals surface area contributed by atoms with E-state index in [0.717, 1.165) is 0 Å². The minimum Gasteiger partial charge on any atom is -0.480 e. The molecule has 10 nitrogen and oxygen atoms in total. The highest BCUT2D eigenvalue weighted by atomic mass is 32.2. The minimum atomic E-state index is -3.97. The van der Waals surface area contributed by atoms with Gasteiger partial charge < -0.3 is 14.4 Å². The molecule has 3 rings (SSSR count). The molecule has 0 aliphatic carbocycles. The zero-order valence-electron chi connectivity index (χ0n) is 19.3. The molecule has 0 atom stereocenters. The topological polar surface area (TPSA) is 125 Å². The first kappa shape index (κ1) is 26.0. The number of likely N-dealkylation sites (tertiary alicyclic amines) is 1. The van der Waals surface area contributed by atoms with Crippen molar-refractivity contribution in [1.29, 1.82) is 0 Å². The van der Waals surface area contributed by atoms with E-state index >= 15 is 0 Å². The number of benzene rings is 1. The Balaban J connectivity index is 1.73. The number of amides is 2. The van der Waals surface area contributed by atoms with E-state index in [9.17, 15) is 23.2 Å². The highest BCUT2D eigenvalue weighted by Gasteiger charge is 2.46. The number of nitrogens with one attached hydrogen (secondary N) is 1. The summed E-state index contributed by atoms with van der Waals surface area (Å²) >= 11 is 0. The van der Waals surface area contributed by atoms with Gasteiger partial charge in [-0.3, -0.25) is 19.7 Å². The van der Waals surface area contributed by atoms with Crippen molar-refractivity contribution in [3.05, 3.63) is 24.3 Å². The number of ether oxygens (including phenoxy) is 2. The van der Waals surface area contributed by atoms with Crippen LogP contribution in [0.2, 0.25) is 0 Å². The molecule has 2 saturated heterocycles. The smallest absolute Gasteiger partial charge is 0.250 e. The van der Waals surface area contributed by atoms with Gasteiger partial charge in [0.15, 0.2) is 9.84 Å². The zero-order valence-corrected chi connectivity index (χ0v) is 20.1. The van der Waals surface area contributed by atoms with Crippen LogP contribution in [0.5, 0.6) is 5.75 Å². The minimum absolute atomic E-state index is 0.0333. The molecule has 2 heterocycles. The summed E-state index contributed by atoms with van der Waals surface area (Å²) in [6.07, 6.45) is 0.218. The van der Waals surface area contributed by atoms with Gasteiger partial charge in [0.25, 0.3) is 5.91 Å². The number of sulfone groups is 1. The number of morpholine rings is 1. The summed E-state index contributed by atoms with van der Waals surface area (Å²) < 4.78 is 37.6. The van der Waals surface area contributed by atoms with Crippen molar-refractivity contribution in [2.45, 2.75) is 24.7 Å². The van der Waals surface area contributed by atoms with Crippen molar-refractivity contribution < 1.29 is 32.7 Å². The van der Waals surface area contributed by atoms with Gasteiger partial charge in [0.2, 0.25) is 5.91 Å². The highest BCUT2D eigenvalue weighted by Crippen LogP contribution is 2.37. The first-order valence-electron chi connectivity index (χ1n) is 11.2. The number of carbonyl (C=O) groups excluding carboxylic acids is 2. The fourth-order valence-electron chi connectivity index (χ4n) is 4.24. The summed E-state index contributed by atoms with van der Waals surface area (Å²) in [4.78, 5) is 29.0. The van der Waals surface area contributed by atoms with Crippen LogP contribution in [0.3, 0.4) is 0 Å². The summed E-state index contributed by atoms with van der Waals surface area (Å²) in [5.41, 5.74) is 0.262. The van der Waals surface area contributed by atoms with Gasteiger partial charge in [-0.2, -0.15) is 0 Å². The van der Waals surface area contributed by atoms with Crippen molar-refractivity contribution in [2.24, 2.45) is 5.41 Å². The standard InChI is InChI=1S/C23H31N3O7S/c1-2-3-14-33-19-6-4-5-7-20(19)34(30,31)18-23(22(28)24-29)8-10-26(11-9-23)21(27)17-25-12-15-32-16-13-25/h4-7,29H,8-18H2,1H3,(H,24,28). The summed E-state index contributed by atoms with van der Waals surface area (Å²) in [7, 11) is -3.97. The first-order valence-corrected chi connectivity index (χ1v) is 12.8. The van der Waals surface area contributed by atoms with E-state index < -0.39 is 26.9 Å². The van der Waals surface area contributed by atoms with Crippen molar-refractivity contribution in [3.63, 3.8) is 0 Å². The fourth-order valence-corrected chi connectivity index (χ4v) is 6.27. The van der Waals surface area contributed by atoms with E-state index in [0.29, 0.717) is 26.3 Å². The average molecular weight is 494 g/mol. The molecule has 0 saturated carbocycles. The third-order valence-corrected chi connectivity index (χ3v) is 8.19. The molecule has 0 radical (unpaired) electrons. The van der Waals surface area contributed by atoms with Gasteiger partial charge in [-0.05, 0) is 31.9 Å². The summed E-state index contributed by atoms with van der Waals surface area (Å²) in [6, 6.07) is 6.20. The Morgan fingerprint density at radius 3 is 2.50 bits per heavy atom. The lowest BCUT2D eigenvalue weighted by Crippen LogP contribution is -2.54. The van der Waals surface area contributed by atoms with E-state index in [1.807, 2.05) is 4.90 Å². The molecule has 0 spiro atoms. The lowest BCUT2D eigenvalue weighted by atomic mass is 9.79. The predicted molar refractivity (Wildman–Crippen MR) is 123 cm³/mol. The van der Waals surface area contributed by atoms with Gasteiger partial charge in [0.05, 0.1) is 30.9 Å². The molecule has 34 heavy (non-hydrogen) atoms. The van der Waals surface area contributed by atoms with Crippen LogP contribution in [0, 0.1) is 17.3 Å². The van der Waals surface area contributed by atoms with Crippen molar-refractivity contribution in [3.8, 4) is 17.6 Å². The summed E-state index contributed by atoms with van der Waals surface area (Å²) in [6.45, 7) is 4.91. The molecule has 11 heteroatoms. The molecule has 0 aromatic heterocycles. The van der Waals surface area contributed by atoms with Crippen LogP contribution in [0.4, 0.5) is 0 Å². The first-order chi connectivity index (χ1) is 16.3. The quantitative estimate of drug-likeness (QED) is 0.301. The van der Waals surface area contributed by atoms with Crippen molar-refractivity contribution in [2.75, 3.05) is 58.3 Å². The van der Waals surface area contributed by atoms with Crippen LogP contribution in [-0.2, 0) is 24.2 Å². The van der Waals surface area contributed by atoms with Crippen LogP contribution in [-0.4, -0.2) is 93.5 Å². The Bertz CT molecular complexity index is 1030. The largest absolute Gasteiger partial charge is 0.480 e. The van der Waals surface area contributed by atoms with Gasteiger partial charge >= 0.3 is 0 Å². The lowest BCUT2D eigenvalue weighted by Gasteiger charge is -2.40. The molecule has 1 aromatic rings. The number of carbonyl (C=O) groups is 2. The van der Waals surface area contributed by atoms with E-state index in [1.165, 1.54) is 12.1 Å². The second-order valence-electron chi connectivity index (χ2n) is 8.41. The number of para-hydroxylation sites is 1. The third kappa shape index (κ3) is 6.27. The van der Waals surface area contributed by atoms with Gasteiger partial charge in [0.1, 0.15) is 17.3 Å². The Morgan fingerprint density at radius 1 is 1.18 bits per heavy atom. The number of rotatable bonds is 8. The Morgan fingerprint density at radius 2 is 1.85 bits per heavy atom. The number of hydroxylamine groups is 1. The summed E-state index contributed by atoms with van der Waals surface area (Å²) in [5, 5.41) is 9.38. The Labute approximate surface area is 200 Å². The molecular weight excluding hydrogens is 462 g/mol. The molecular formula is C23H31N3O7S. The number of nitrogens with zero attached hydrogens (tertiary/aromatic N) is 2. The third-order valence-electron chi connectivity index (χ3n) is 6.25. The highest BCUT2D eigenvalue weighted by molar-refractivity contribution is 7.91. The Hall–Kier alpha value is -2.65. The molecule has 1 aromatic carbocycles. The van der Waals surface area contributed by atoms with E-state index in [-0.39, 0.29) is 55.6 Å². The molecule has 2 fully saturated rings. The number of piperidine rings is 1. The molecule has 2 aliphatic rings. The van der Waals surface area contributed by atoms with E-state index in [4.69, 9.17) is 9.47 Å². The van der Waals surface area contributed by atoms with Crippen LogP contribution >= 0.6 is 0 Å². The molecule has 186 valence electrons. The second kappa shape index (κ2) is 11.7. The molecule has 2 N–H and O–H groups in total. The van der Waals surface area contributed by atoms with Gasteiger partial charge in [-0.1, -0.05) is 18.1 Å². The van der Waals surface area contributed by atoms with Crippen LogP contribution in [0.25, 0.3) is 0 Å². The molecule has 2 amide bonds. The normalized spacial score (nSPS) is 18.5. The van der Waals surface area contributed by atoms with Gasteiger partial charge in [-0.15, -0.1) is 5.92 Å². The SMILES string of the molecule is CC#CCOc1ccccc1S(=O)(=O)CC1(C(=O)NO)CCN(C(=O)CN2CCOCC2)CC1. The predicted octanol–water partition coefficient (Wildman–Crippen LogP) is 0.309. The maximum Gasteiger partial charge on any atom is 0.250 e. The second-order valence-corrected chi connectivity index (χ2v) is 10.4. The van der Waals surface area contributed by atoms with Crippen LogP contribution < -0.4 is 10.2 Å². The zero-order chi connectivity index (χ0) is 24.6. The van der Waals surface area contributed by atoms with Crippen LogP contribution in [0.1, 0.15) is 19.8 Å². The molecule has 0 bridgehead atoms. The summed E-state index contributed by atoms with van der Waals surface area (Å²) in [5.74, 6) is 4.20. The lowest BCUT2D eigenvalue weighted by molar-refractivity contribution is -0.145. The van der Waals surface area contributed by atoms with Crippen molar-refractivity contribution in [1.82, 2.24) is 15.3 Å².